The zero-order chi connectivity index (χ0) is 11.5. The maximum absolute atomic E-state index is 13.6. The highest BCUT2D eigenvalue weighted by Crippen LogP contribution is 2.18. The Morgan fingerprint density at radius 1 is 1.56 bits per heavy atom. The number of rotatable bonds is 3. The molecule has 0 aromatic carbocycles. The summed E-state index contributed by atoms with van der Waals surface area (Å²) in [5.74, 6) is 0.490. The van der Waals surface area contributed by atoms with Gasteiger partial charge in [-0.2, -0.15) is 0 Å². The van der Waals surface area contributed by atoms with Crippen LogP contribution in [0.4, 0.5) is 9.18 Å². The van der Waals surface area contributed by atoms with Crippen LogP contribution in [0.15, 0.2) is 0 Å². The van der Waals surface area contributed by atoms with Crippen LogP contribution in [0.3, 0.4) is 0 Å². The molecule has 2 rings (SSSR count). The van der Waals surface area contributed by atoms with Crippen molar-refractivity contribution < 1.29 is 19.0 Å². The van der Waals surface area contributed by atoms with Crippen LogP contribution < -0.4 is 5.32 Å². The Labute approximate surface area is 93.6 Å². The number of ether oxygens (including phenoxy) is 1. The molecule has 2 N–H and O–H groups in total. The Bertz CT molecular complexity index is 260. The van der Waals surface area contributed by atoms with Crippen molar-refractivity contribution in [2.45, 2.75) is 18.7 Å². The molecule has 2 fully saturated rings. The zero-order valence-electron chi connectivity index (χ0n) is 9.06. The van der Waals surface area contributed by atoms with E-state index >= 15 is 0 Å². The minimum atomic E-state index is -1.20. The molecule has 0 aromatic rings. The van der Waals surface area contributed by atoms with Crippen LogP contribution in [-0.2, 0) is 4.74 Å². The van der Waals surface area contributed by atoms with Gasteiger partial charge in [-0.15, -0.1) is 0 Å². The number of carboxylic acid groups (broad SMARTS) is 1. The number of hydrogen-bond donors (Lipinski definition) is 2. The third-order valence-electron chi connectivity index (χ3n) is 3.16. The summed E-state index contributed by atoms with van der Waals surface area (Å²) >= 11 is 0. The van der Waals surface area contributed by atoms with Gasteiger partial charge in [0, 0.05) is 25.6 Å². The van der Waals surface area contributed by atoms with Crippen LogP contribution in [0.5, 0.6) is 0 Å². The Hall–Kier alpha value is -0.880. The van der Waals surface area contributed by atoms with Crippen molar-refractivity contribution >= 4 is 6.09 Å². The van der Waals surface area contributed by atoms with Gasteiger partial charge < -0.3 is 20.1 Å². The van der Waals surface area contributed by atoms with Crippen molar-refractivity contribution in [2.75, 3.05) is 32.8 Å². The van der Waals surface area contributed by atoms with Crippen LogP contribution >= 0.6 is 0 Å². The second-order valence-corrected chi connectivity index (χ2v) is 4.43. The molecule has 92 valence electrons. The van der Waals surface area contributed by atoms with E-state index in [9.17, 15) is 9.18 Å². The maximum atomic E-state index is 13.6. The van der Waals surface area contributed by atoms with Gasteiger partial charge in [0.2, 0.25) is 0 Å². The van der Waals surface area contributed by atoms with Gasteiger partial charge in [-0.3, -0.25) is 0 Å². The molecule has 0 aromatic heterocycles. The Morgan fingerprint density at radius 2 is 2.31 bits per heavy atom. The topological polar surface area (TPSA) is 61.8 Å². The first-order valence-corrected chi connectivity index (χ1v) is 5.61. The summed E-state index contributed by atoms with van der Waals surface area (Å²) < 4.78 is 19.1. The third-order valence-corrected chi connectivity index (χ3v) is 3.16. The molecule has 2 heterocycles. The first-order chi connectivity index (χ1) is 7.66. The molecule has 1 amide bonds. The highest BCUT2D eigenvalue weighted by atomic mass is 19.1. The Kier molecular flexibility index (Phi) is 3.60. The number of likely N-dealkylation sites (tertiary alicyclic amines) is 1. The molecular weight excluding hydrogens is 215 g/mol. The van der Waals surface area contributed by atoms with E-state index in [1.54, 1.807) is 0 Å². The molecule has 0 spiro atoms. The molecule has 5 nitrogen and oxygen atoms in total. The molecule has 0 unspecified atom stereocenters. The number of hydrogen-bond acceptors (Lipinski definition) is 3. The minimum absolute atomic E-state index is 0.0666. The van der Waals surface area contributed by atoms with Gasteiger partial charge in [0.1, 0.15) is 6.17 Å². The lowest BCUT2D eigenvalue weighted by Crippen LogP contribution is -2.50. The standard InChI is InChI=1S/C10H17FN2O3/c11-8-5-13(10(14)15)2-1-9(8)16-6-7-3-12-4-7/h7-9,12H,1-6H2,(H,14,15)/t8-,9+/m1/s1. The highest BCUT2D eigenvalue weighted by Gasteiger charge is 2.32. The molecule has 0 aliphatic carbocycles. The van der Waals surface area contributed by atoms with Crippen LogP contribution in [0, 0.1) is 5.92 Å². The highest BCUT2D eigenvalue weighted by molar-refractivity contribution is 5.65. The number of carbonyl (C=O) groups is 1. The van der Waals surface area contributed by atoms with Crippen LogP contribution in [0.1, 0.15) is 6.42 Å². The van der Waals surface area contributed by atoms with Crippen molar-refractivity contribution in [1.82, 2.24) is 10.2 Å². The molecule has 6 heteroatoms. The molecule has 2 aliphatic heterocycles. The van der Waals surface area contributed by atoms with Gasteiger partial charge in [0.15, 0.2) is 0 Å². The van der Waals surface area contributed by atoms with Crippen molar-refractivity contribution in [3.8, 4) is 0 Å². The van der Waals surface area contributed by atoms with Crippen molar-refractivity contribution in [2.24, 2.45) is 5.92 Å². The quantitative estimate of drug-likeness (QED) is 0.735. The van der Waals surface area contributed by atoms with E-state index in [0.29, 0.717) is 25.5 Å². The monoisotopic (exact) mass is 232 g/mol. The van der Waals surface area contributed by atoms with E-state index in [2.05, 4.69) is 5.32 Å². The fourth-order valence-electron chi connectivity index (χ4n) is 1.97. The van der Waals surface area contributed by atoms with E-state index < -0.39 is 18.4 Å². The Morgan fingerprint density at radius 3 is 2.81 bits per heavy atom. The molecule has 0 radical (unpaired) electrons. The maximum Gasteiger partial charge on any atom is 0.407 e. The molecule has 0 saturated carbocycles. The normalized spacial score (nSPS) is 31.2. The number of nitrogens with zero attached hydrogens (tertiary/aromatic N) is 1. The van der Waals surface area contributed by atoms with Crippen molar-refractivity contribution in [3.63, 3.8) is 0 Å². The lowest BCUT2D eigenvalue weighted by atomic mass is 10.0. The molecule has 2 atom stereocenters. The average molecular weight is 232 g/mol. The van der Waals surface area contributed by atoms with Gasteiger partial charge in [0.05, 0.1) is 19.3 Å². The molecule has 2 saturated heterocycles. The Balaban J connectivity index is 1.72. The summed E-state index contributed by atoms with van der Waals surface area (Å²) in [6, 6.07) is 0. The molecule has 16 heavy (non-hydrogen) atoms. The minimum Gasteiger partial charge on any atom is -0.465 e. The van der Waals surface area contributed by atoms with E-state index in [-0.39, 0.29) is 6.54 Å². The fourth-order valence-corrected chi connectivity index (χ4v) is 1.97. The lowest BCUT2D eigenvalue weighted by Gasteiger charge is -2.35. The summed E-state index contributed by atoms with van der Waals surface area (Å²) in [6.45, 7) is 2.74. The summed E-state index contributed by atoms with van der Waals surface area (Å²) in [5, 5.41) is 11.8. The molecule has 0 bridgehead atoms. The zero-order valence-corrected chi connectivity index (χ0v) is 9.06. The summed E-state index contributed by atoms with van der Waals surface area (Å²) in [6.07, 6.45) is -2.23. The van der Waals surface area contributed by atoms with Gasteiger partial charge in [-0.05, 0) is 6.42 Å². The van der Waals surface area contributed by atoms with Gasteiger partial charge in [-0.1, -0.05) is 0 Å². The van der Waals surface area contributed by atoms with Gasteiger partial charge >= 0.3 is 6.09 Å². The van der Waals surface area contributed by atoms with Crippen molar-refractivity contribution in [3.05, 3.63) is 0 Å². The van der Waals surface area contributed by atoms with Crippen molar-refractivity contribution in [1.29, 1.82) is 0 Å². The predicted molar refractivity (Wildman–Crippen MR) is 55.2 cm³/mol. The second-order valence-electron chi connectivity index (χ2n) is 4.43. The largest absolute Gasteiger partial charge is 0.465 e. The van der Waals surface area contributed by atoms with E-state index in [1.165, 1.54) is 0 Å². The average Bonchev–Trinajstić information content (AvgIpc) is 2.17. The first-order valence-electron chi connectivity index (χ1n) is 5.61. The smallest absolute Gasteiger partial charge is 0.407 e. The van der Waals surface area contributed by atoms with Gasteiger partial charge in [-0.25, -0.2) is 9.18 Å². The SMILES string of the molecule is O=C(O)N1CC[C@H](OCC2CNC2)[C@H](F)C1. The van der Waals surface area contributed by atoms with E-state index in [0.717, 1.165) is 18.0 Å². The number of halogens is 1. The predicted octanol–water partition coefficient (Wildman–Crippen LogP) is 0.313. The number of amides is 1. The number of nitrogens with one attached hydrogen (secondary N) is 1. The van der Waals surface area contributed by atoms with Gasteiger partial charge in [0.25, 0.3) is 0 Å². The summed E-state index contributed by atoms with van der Waals surface area (Å²) in [4.78, 5) is 11.7. The molecule has 2 aliphatic rings. The van der Waals surface area contributed by atoms with E-state index in [1.807, 2.05) is 0 Å². The van der Waals surface area contributed by atoms with Crippen LogP contribution in [-0.4, -0.2) is 61.2 Å². The summed E-state index contributed by atoms with van der Waals surface area (Å²) in [5.41, 5.74) is 0. The number of alkyl halides is 1. The van der Waals surface area contributed by atoms with Crippen LogP contribution in [0.25, 0.3) is 0 Å². The number of piperidine rings is 1. The molecular formula is C10H17FN2O3. The lowest BCUT2D eigenvalue weighted by molar-refractivity contribution is -0.0578. The fraction of sp³-hybridized carbons (Fsp3) is 0.900. The van der Waals surface area contributed by atoms with Crippen LogP contribution in [0.2, 0.25) is 0 Å². The van der Waals surface area contributed by atoms with E-state index in [4.69, 9.17) is 9.84 Å². The second kappa shape index (κ2) is 4.97. The first kappa shape index (κ1) is 11.6. The summed E-state index contributed by atoms with van der Waals surface area (Å²) in [7, 11) is 0. The third kappa shape index (κ3) is 2.62.